The van der Waals surface area contributed by atoms with Gasteiger partial charge in [-0.3, -0.25) is 4.79 Å². The molecular weight excluding hydrogens is 290 g/mol. The molecule has 116 valence electrons. The molecule has 1 saturated heterocycles. The van der Waals surface area contributed by atoms with Crippen molar-refractivity contribution in [2.75, 3.05) is 32.9 Å². The van der Waals surface area contributed by atoms with E-state index in [2.05, 4.69) is 0 Å². The molecule has 0 saturated carbocycles. The summed E-state index contributed by atoms with van der Waals surface area (Å²) in [5.74, 6) is 0.999. The molecule has 1 aliphatic heterocycles. The SMILES string of the molecule is Cc1cc(OCCCC(=O)N2CCOCC2)cc(C)c1Cl. The van der Waals surface area contributed by atoms with Gasteiger partial charge in [-0.2, -0.15) is 0 Å². The van der Waals surface area contributed by atoms with Crippen molar-refractivity contribution in [2.45, 2.75) is 26.7 Å². The summed E-state index contributed by atoms with van der Waals surface area (Å²) >= 11 is 6.12. The second-order valence-corrected chi connectivity index (χ2v) is 5.69. The maximum Gasteiger partial charge on any atom is 0.222 e. The first-order chi connectivity index (χ1) is 10.1. The second-order valence-electron chi connectivity index (χ2n) is 5.32. The second kappa shape index (κ2) is 7.66. The van der Waals surface area contributed by atoms with E-state index in [0.29, 0.717) is 39.3 Å². The molecule has 1 aromatic rings. The lowest BCUT2D eigenvalue weighted by Gasteiger charge is -2.26. The van der Waals surface area contributed by atoms with E-state index in [-0.39, 0.29) is 5.91 Å². The summed E-state index contributed by atoms with van der Waals surface area (Å²) in [7, 11) is 0. The fraction of sp³-hybridized carbons (Fsp3) is 0.562. The van der Waals surface area contributed by atoms with Crippen molar-refractivity contribution in [3.8, 4) is 5.75 Å². The summed E-state index contributed by atoms with van der Waals surface area (Å²) in [4.78, 5) is 13.8. The number of hydrogen-bond donors (Lipinski definition) is 0. The fourth-order valence-corrected chi connectivity index (χ4v) is 2.48. The Morgan fingerprint density at radius 2 is 1.90 bits per heavy atom. The number of morpholine rings is 1. The molecule has 0 aromatic heterocycles. The van der Waals surface area contributed by atoms with Crippen LogP contribution in [0.4, 0.5) is 0 Å². The van der Waals surface area contributed by atoms with Crippen LogP contribution in [0.15, 0.2) is 12.1 Å². The van der Waals surface area contributed by atoms with Crippen LogP contribution < -0.4 is 4.74 Å². The van der Waals surface area contributed by atoms with E-state index in [1.807, 2.05) is 30.9 Å². The van der Waals surface area contributed by atoms with Gasteiger partial charge < -0.3 is 14.4 Å². The minimum absolute atomic E-state index is 0.186. The molecule has 5 heteroatoms. The largest absolute Gasteiger partial charge is 0.494 e. The van der Waals surface area contributed by atoms with Crippen LogP contribution in [0.5, 0.6) is 5.75 Å². The van der Waals surface area contributed by atoms with E-state index in [1.165, 1.54) is 0 Å². The number of carbonyl (C=O) groups is 1. The predicted molar refractivity (Wildman–Crippen MR) is 83.1 cm³/mol. The summed E-state index contributed by atoms with van der Waals surface area (Å²) in [6, 6.07) is 3.86. The maximum absolute atomic E-state index is 12.0. The molecule has 0 atom stereocenters. The molecule has 1 heterocycles. The Balaban J connectivity index is 1.73. The highest BCUT2D eigenvalue weighted by atomic mass is 35.5. The van der Waals surface area contributed by atoms with E-state index in [9.17, 15) is 4.79 Å². The molecule has 0 bridgehead atoms. The van der Waals surface area contributed by atoms with Crippen LogP contribution in [0.1, 0.15) is 24.0 Å². The Morgan fingerprint density at radius 3 is 2.52 bits per heavy atom. The van der Waals surface area contributed by atoms with Gasteiger partial charge in [0.15, 0.2) is 0 Å². The normalized spacial score (nSPS) is 15.1. The number of aryl methyl sites for hydroxylation is 2. The number of halogens is 1. The van der Waals surface area contributed by atoms with Gasteiger partial charge in [-0.25, -0.2) is 0 Å². The molecular formula is C16H22ClNO3. The molecule has 1 aliphatic rings. The smallest absolute Gasteiger partial charge is 0.222 e. The zero-order valence-electron chi connectivity index (χ0n) is 12.7. The Hall–Kier alpha value is -1.26. The van der Waals surface area contributed by atoms with Crippen LogP contribution in [0.3, 0.4) is 0 Å². The minimum atomic E-state index is 0.186. The minimum Gasteiger partial charge on any atom is -0.494 e. The Bertz CT molecular complexity index is 475. The van der Waals surface area contributed by atoms with Crippen molar-refractivity contribution < 1.29 is 14.3 Å². The third-order valence-electron chi connectivity index (χ3n) is 3.58. The molecule has 0 unspecified atom stereocenters. The lowest BCUT2D eigenvalue weighted by molar-refractivity contribution is -0.135. The summed E-state index contributed by atoms with van der Waals surface area (Å²) < 4.78 is 10.9. The molecule has 4 nitrogen and oxygen atoms in total. The molecule has 1 amide bonds. The zero-order chi connectivity index (χ0) is 15.2. The highest BCUT2D eigenvalue weighted by Gasteiger charge is 2.16. The Morgan fingerprint density at radius 1 is 1.29 bits per heavy atom. The van der Waals surface area contributed by atoms with Gasteiger partial charge in [-0.1, -0.05) is 11.6 Å². The summed E-state index contributed by atoms with van der Waals surface area (Å²) in [6.07, 6.45) is 1.24. The molecule has 1 aromatic carbocycles. The number of ether oxygens (including phenoxy) is 2. The van der Waals surface area contributed by atoms with Gasteiger partial charge in [0.25, 0.3) is 0 Å². The highest BCUT2D eigenvalue weighted by molar-refractivity contribution is 6.32. The van der Waals surface area contributed by atoms with E-state index < -0.39 is 0 Å². The first-order valence-electron chi connectivity index (χ1n) is 7.33. The number of amides is 1. The zero-order valence-corrected chi connectivity index (χ0v) is 13.4. The third-order valence-corrected chi connectivity index (χ3v) is 4.17. The molecule has 0 radical (unpaired) electrons. The van der Waals surface area contributed by atoms with Gasteiger partial charge in [-0.05, 0) is 43.5 Å². The molecule has 0 N–H and O–H groups in total. The quantitative estimate of drug-likeness (QED) is 0.785. The van der Waals surface area contributed by atoms with Crippen LogP contribution in [0.25, 0.3) is 0 Å². The van der Waals surface area contributed by atoms with Crippen LogP contribution in [0.2, 0.25) is 5.02 Å². The number of hydrogen-bond acceptors (Lipinski definition) is 3. The lowest BCUT2D eigenvalue weighted by Crippen LogP contribution is -2.40. The van der Waals surface area contributed by atoms with Crippen molar-refractivity contribution in [3.63, 3.8) is 0 Å². The average Bonchev–Trinajstić information content (AvgIpc) is 2.49. The van der Waals surface area contributed by atoms with Gasteiger partial charge in [0.1, 0.15) is 5.75 Å². The van der Waals surface area contributed by atoms with Crippen molar-refractivity contribution in [1.29, 1.82) is 0 Å². The number of carbonyl (C=O) groups excluding carboxylic acids is 1. The van der Waals surface area contributed by atoms with E-state index in [0.717, 1.165) is 28.3 Å². The number of nitrogens with zero attached hydrogens (tertiary/aromatic N) is 1. The van der Waals surface area contributed by atoms with Crippen molar-refractivity contribution in [1.82, 2.24) is 4.90 Å². The standard InChI is InChI=1S/C16H22ClNO3/c1-12-10-14(11-13(2)16(12)17)21-7-3-4-15(19)18-5-8-20-9-6-18/h10-11H,3-9H2,1-2H3. The van der Waals surface area contributed by atoms with Crippen LogP contribution in [-0.2, 0) is 9.53 Å². The topological polar surface area (TPSA) is 38.8 Å². The Kier molecular flexibility index (Phi) is 5.88. The van der Waals surface area contributed by atoms with Gasteiger partial charge >= 0.3 is 0 Å². The third kappa shape index (κ3) is 4.61. The molecule has 0 spiro atoms. The van der Waals surface area contributed by atoms with Crippen molar-refractivity contribution in [3.05, 3.63) is 28.3 Å². The number of rotatable bonds is 5. The monoisotopic (exact) mass is 311 g/mol. The predicted octanol–water partition coefficient (Wildman–Crippen LogP) is 2.97. The van der Waals surface area contributed by atoms with E-state index >= 15 is 0 Å². The van der Waals surface area contributed by atoms with Gasteiger partial charge in [-0.15, -0.1) is 0 Å². The van der Waals surface area contributed by atoms with Crippen LogP contribution in [-0.4, -0.2) is 43.7 Å². The summed E-state index contributed by atoms with van der Waals surface area (Å²) in [5.41, 5.74) is 2.02. The van der Waals surface area contributed by atoms with Crippen LogP contribution in [0, 0.1) is 13.8 Å². The van der Waals surface area contributed by atoms with Gasteiger partial charge in [0.2, 0.25) is 5.91 Å². The average molecular weight is 312 g/mol. The molecule has 0 aliphatic carbocycles. The first kappa shape index (κ1) is 16.1. The molecule has 1 fully saturated rings. The fourth-order valence-electron chi connectivity index (χ4n) is 2.37. The van der Waals surface area contributed by atoms with E-state index in [1.54, 1.807) is 0 Å². The summed E-state index contributed by atoms with van der Waals surface area (Å²) in [6.45, 7) is 7.16. The molecule has 21 heavy (non-hydrogen) atoms. The van der Waals surface area contributed by atoms with Gasteiger partial charge in [0.05, 0.1) is 19.8 Å². The van der Waals surface area contributed by atoms with Crippen molar-refractivity contribution in [2.24, 2.45) is 0 Å². The van der Waals surface area contributed by atoms with E-state index in [4.69, 9.17) is 21.1 Å². The Labute approximate surface area is 131 Å². The highest BCUT2D eigenvalue weighted by Crippen LogP contribution is 2.25. The maximum atomic E-state index is 12.0. The first-order valence-corrected chi connectivity index (χ1v) is 7.71. The van der Waals surface area contributed by atoms with Crippen molar-refractivity contribution >= 4 is 17.5 Å². The lowest BCUT2D eigenvalue weighted by atomic mass is 10.1. The summed E-state index contributed by atoms with van der Waals surface area (Å²) in [5, 5.41) is 0.782. The van der Waals surface area contributed by atoms with Crippen LogP contribution >= 0.6 is 11.6 Å². The molecule has 2 rings (SSSR count). The van der Waals surface area contributed by atoms with Gasteiger partial charge in [0, 0.05) is 24.5 Å². The number of benzene rings is 1.